The van der Waals surface area contributed by atoms with Crippen molar-refractivity contribution in [1.82, 2.24) is 9.97 Å². The third-order valence-corrected chi connectivity index (χ3v) is 5.33. The predicted octanol–water partition coefficient (Wildman–Crippen LogP) is 4.53. The molecule has 0 bridgehead atoms. The number of hydrogen-bond donors (Lipinski definition) is 0. The second kappa shape index (κ2) is 5.86. The van der Waals surface area contributed by atoms with Crippen LogP contribution in [0.25, 0.3) is 10.2 Å². The molecule has 0 spiro atoms. The molecule has 0 radical (unpaired) electrons. The Hall–Kier alpha value is -0.870. The van der Waals surface area contributed by atoms with Crippen LogP contribution in [0, 0.1) is 5.92 Å². The van der Waals surface area contributed by atoms with E-state index in [4.69, 9.17) is 16.6 Å². The summed E-state index contributed by atoms with van der Waals surface area (Å²) in [7, 11) is 0. The molecule has 2 aromatic rings. The van der Waals surface area contributed by atoms with Gasteiger partial charge >= 0.3 is 0 Å². The third-order valence-electron chi connectivity index (χ3n) is 3.95. The molecule has 0 aliphatic carbocycles. The maximum absolute atomic E-state index is 6.35. The molecule has 1 saturated heterocycles. The summed E-state index contributed by atoms with van der Waals surface area (Å²) in [4.78, 5) is 13.9. The molecule has 108 valence electrons. The van der Waals surface area contributed by atoms with Crippen molar-refractivity contribution in [2.45, 2.75) is 39.5 Å². The molecule has 0 aromatic carbocycles. The predicted molar refractivity (Wildman–Crippen MR) is 87.0 cm³/mol. The molecular weight excluding hydrogens is 290 g/mol. The average Bonchev–Trinajstić information content (AvgIpc) is 2.83. The molecule has 2 aromatic heterocycles. The van der Waals surface area contributed by atoms with Gasteiger partial charge in [-0.25, -0.2) is 9.97 Å². The van der Waals surface area contributed by atoms with E-state index in [1.807, 2.05) is 0 Å². The van der Waals surface area contributed by atoms with Crippen molar-refractivity contribution in [2.75, 3.05) is 18.0 Å². The van der Waals surface area contributed by atoms with E-state index in [0.717, 1.165) is 48.0 Å². The lowest BCUT2D eigenvalue weighted by Crippen LogP contribution is -2.34. The lowest BCUT2D eigenvalue weighted by atomic mass is 10.00. The van der Waals surface area contributed by atoms with Gasteiger partial charge in [-0.1, -0.05) is 31.9 Å². The van der Waals surface area contributed by atoms with E-state index >= 15 is 0 Å². The van der Waals surface area contributed by atoms with E-state index < -0.39 is 0 Å². The van der Waals surface area contributed by atoms with Gasteiger partial charge in [-0.15, -0.1) is 11.3 Å². The summed E-state index contributed by atoms with van der Waals surface area (Å²) in [5.41, 5.74) is 0. The summed E-state index contributed by atoms with van der Waals surface area (Å²) in [5, 5.41) is 1.61. The van der Waals surface area contributed by atoms with Crippen LogP contribution in [-0.2, 0) is 6.42 Å². The fraction of sp³-hybridized carbons (Fsp3) is 0.600. The van der Waals surface area contributed by atoms with Crippen LogP contribution in [-0.4, -0.2) is 23.1 Å². The van der Waals surface area contributed by atoms with Crippen molar-refractivity contribution in [3.8, 4) is 0 Å². The Balaban J connectivity index is 1.92. The minimum Gasteiger partial charge on any atom is -0.341 e. The van der Waals surface area contributed by atoms with Gasteiger partial charge in [-0.3, -0.25) is 0 Å². The van der Waals surface area contributed by atoms with E-state index in [-0.39, 0.29) is 0 Å². The lowest BCUT2D eigenvalue weighted by Gasteiger charge is -2.30. The molecule has 0 amide bonds. The largest absolute Gasteiger partial charge is 0.341 e. The Morgan fingerprint density at radius 1 is 1.35 bits per heavy atom. The number of halogens is 1. The molecule has 0 saturated carbocycles. The highest BCUT2D eigenvalue weighted by Crippen LogP contribution is 2.32. The number of aryl methyl sites for hydroxylation is 1. The van der Waals surface area contributed by atoms with E-state index in [1.165, 1.54) is 17.7 Å². The molecule has 1 fully saturated rings. The topological polar surface area (TPSA) is 29.0 Å². The average molecular weight is 310 g/mol. The van der Waals surface area contributed by atoms with Crippen LogP contribution in [0.15, 0.2) is 6.07 Å². The highest BCUT2D eigenvalue weighted by atomic mass is 35.5. The van der Waals surface area contributed by atoms with E-state index in [1.54, 1.807) is 11.3 Å². The first-order chi connectivity index (χ1) is 9.67. The van der Waals surface area contributed by atoms with Crippen molar-refractivity contribution in [3.05, 3.63) is 16.1 Å². The first kappa shape index (κ1) is 14.1. The number of hydrogen-bond acceptors (Lipinski definition) is 4. The quantitative estimate of drug-likeness (QED) is 0.780. The number of nitrogens with zero attached hydrogens (tertiary/aromatic N) is 3. The number of thiophene rings is 1. The van der Waals surface area contributed by atoms with Crippen LogP contribution in [0.2, 0.25) is 5.15 Å². The van der Waals surface area contributed by atoms with Crippen molar-refractivity contribution in [3.63, 3.8) is 0 Å². The molecule has 3 nitrogen and oxygen atoms in total. The summed E-state index contributed by atoms with van der Waals surface area (Å²) in [6.07, 6.45) is 4.66. The summed E-state index contributed by atoms with van der Waals surface area (Å²) >= 11 is 8.10. The second-order valence-corrected chi connectivity index (χ2v) is 7.14. The summed E-state index contributed by atoms with van der Waals surface area (Å²) < 4.78 is 0. The van der Waals surface area contributed by atoms with Gasteiger partial charge in [0.1, 0.15) is 9.98 Å². The van der Waals surface area contributed by atoms with Crippen LogP contribution in [0.1, 0.15) is 38.0 Å². The van der Waals surface area contributed by atoms with Gasteiger partial charge in [-0.05, 0) is 31.2 Å². The van der Waals surface area contributed by atoms with Crippen molar-refractivity contribution >= 4 is 39.1 Å². The zero-order chi connectivity index (χ0) is 14.1. The van der Waals surface area contributed by atoms with E-state index in [0.29, 0.717) is 5.15 Å². The molecule has 5 heteroatoms. The summed E-state index contributed by atoms with van der Waals surface area (Å²) in [5.74, 6) is 1.61. The summed E-state index contributed by atoms with van der Waals surface area (Å²) in [6, 6.07) is 2.15. The fourth-order valence-electron chi connectivity index (χ4n) is 2.65. The third kappa shape index (κ3) is 2.77. The molecule has 1 aliphatic heterocycles. The molecule has 0 N–H and O–H groups in total. The van der Waals surface area contributed by atoms with Gasteiger partial charge in [0.25, 0.3) is 0 Å². The fourth-order valence-corrected chi connectivity index (χ4v) is 4.05. The van der Waals surface area contributed by atoms with Crippen LogP contribution < -0.4 is 4.90 Å². The highest BCUT2D eigenvalue weighted by Gasteiger charge is 2.20. The van der Waals surface area contributed by atoms with Crippen molar-refractivity contribution in [1.29, 1.82) is 0 Å². The Kier molecular flexibility index (Phi) is 4.13. The zero-order valence-electron chi connectivity index (χ0n) is 12.0. The van der Waals surface area contributed by atoms with Crippen LogP contribution >= 0.6 is 22.9 Å². The Bertz CT molecular complexity index is 602. The van der Waals surface area contributed by atoms with Gasteiger partial charge in [0.15, 0.2) is 0 Å². The number of fused-ring (bicyclic) bond motifs is 1. The molecular formula is C15H20ClN3S. The Labute approximate surface area is 129 Å². The SMILES string of the molecule is CCCc1cc2c(Cl)nc(N3CCC(C)CC3)nc2s1. The van der Waals surface area contributed by atoms with Crippen LogP contribution in [0.5, 0.6) is 0 Å². The van der Waals surface area contributed by atoms with E-state index in [9.17, 15) is 0 Å². The van der Waals surface area contributed by atoms with Crippen molar-refractivity contribution < 1.29 is 0 Å². The Morgan fingerprint density at radius 2 is 2.10 bits per heavy atom. The van der Waals surface area contributed by atoms with Crippen LogP contribution in [0.3, 0.4) is 0 Å². The van der Waals surface area contributed by atoms with Crippen LogP contribution in [0.4, 0.5) is 5.95 Å². The smallest absolute Gasteiger partial charge is 0.228 e. The number of piperidine rings is 1. The van der Waals surface area contributed by atoms with Gasteiger partial charge in [-0.2, -0.15) is 0 Å². The van der Waals surface area contributed by atoms with Gasteiger partial charge in [0.2, 0.25) is 5.95 Å². The Morgan fingerprint density at radius 3 is 2.80 bits per heavy atom. The maximum Gasteiger partial charge on any atom is 0.228 e. The maximum atomic E-state index is 6.35. The number of anilines is 1. The van der Waals surface area contributed by atoms with E-state index in [2.05, 4.69) is 29.8 Å². The minimum absolute atomic E-state index is 0.599. The first-order valence-corrected chi connectivity index (χ1v) is 8.57. The molecule has 20 heavy (non-hydrogen) atoms. The monoisotopic (exact) mass is 309 g/mol. The number of aromatic nitrogens is 2. The minimum atomic E-state index is 0.599. The lowest BCUT2D eigenvalue weighted by molar-refractivity contribution is 0.435. The number of rotatable bonds is 3. The van der Waals surface area contributed by atoms with Gasteiger partial charge < -0.3 is 4.90 Å². The summed E-state index contributed by atoms with van der Waals surface area (Å²) in [6.45, 7) is 6.58. The molecule has 3 heterocycles. The molecule has 3 rings (SSSR count). The molecule has 1 aliphatic rings. The molecule has 0 atom stereocenters. The second-order valence-electron chi connectivity index (χ2n) is 5.67. The van der Waals surface area contributed by atoms with Gasteiger partial charge in [0, 0.05) is 23.4 Å². The zero-order valence-corrected chi connectivity index (χ0v) is 13.6. The van der Waals surface area contributed by atoms with Gasteiger partial charge in [0.05, 0.1) is 0 Å². The molecule has 0 unspecified atom stereocenters. The van der Waals surface area contributed by atoms with Crippen molar-refractivity contribution in [2.24, 2.45) is 5.92 Å². The normalized spacial score (nSPS) is 17.1. The highest BCUT2D eigenvalue weighted by molar-refractivity contribution is 7.18. The standard InChI is InChI=1S/C15H20ClN3S/c1-3-4-11-9-12-13(16)17-15(18-14(12)20-11)19-7-5-10(2)6-8-19/h9-10H,3-8H2,1-2H3. The first-order valence-electron chi connectivity index (χ1n) is 7.38.